The zero-order valence-electron chi connectivity index (χ0n) is 14.0. The second-order valence-corrected chi connectivity index (χ2v) is 7.23. The molecule has 0 saturated heterocycles. The number of hydrogen-bond donors (Lipinski definition) is 1. The van der Waals surface area contributed by atoms with Crippen molar-refractivity contribution in [1.29, 1.82) is 0 Å². The summed E-state index contributed by atoms with van der Waals surface area (Å²) < 4.78 is 0. The number of Topliss-reactive ketones (excluding diaryl/α,β-unsaturated/α-hetero) is 1. The SMILES string of the molecule is O=C(O)c1ccc(CC2CCC(C(=O)c3ccc(Cl)cc3)CC2)cc1. The topological polar surface area (TPSA) is 54.4 Å². The molecule has 0 amide bonds. The highest BCUT2D eigenvalue weighted by Crippen LogP contribution is 2.33. The first kappa shape index (κ1) is 17.7. The monoisotopic (exact) mass is 356 g/mol. The van der Waals surface area contributed by atoms with E-state index in [0.29, 0.717) is 16.5 Å². The Morgan fingerprint density at radius 1 is 0.880 bits per heavy atom. The maximum atomic E-state index is 12.6. The zero-order chi connectivity index (χ0) is 17.8. The maximum Gasteiger partial charge on any atom is 0.335 e. The molecule has 0 aromatic heterocycles. The molecular formula is C21H21ClO3. The van der Waals surface area contributed by atoms with Gasteiger partial charge in [-0.3, -0.25) is 4.79 Å². The number of ketones is 1. The van der Waals surface area contributed by atoms with Crippen molar-refractivity contribution in [1.82, 2.24) is 0 Å². The minimum Gasteiger partial charge on any atom is -0.478 e. The number of hydrogen-bond acceptors (Lipinski definition) is 2. The van der Waals surface area contributed by atoms with E-state index in [9.17, 15) is 9.59 Å². The Labute approximate surface area is 152 Å². The van der Waals surface area contributed by atoms with E-state index < -0.39 is 5.97 Å². The quantitative estimate of drug-likeness (QED) is 0.742. The van der Waals surface area contributed by atoms with E-state index in [1.165, 1.54) is 0 Å². The number of aromatic carboxylic acids is 1. The van der Waals surface area contributed by atoms with Gasteiger partial charge in [0, 0.05) is 16.5 Å². The number of halogens is 1. The van der Waals surface area contributed by atoms with Crippen molar-refractivity contribution in [3.8, 4) is 0 Å². The molecule has 1 N–H and O–H groups in total. The van der Waals surface area contributed by atoms with E-state index in [0.717, 1.165) is 43.2 Å². The highest BCUT2D eigenvalue weighted by molar-refractivity contribution is 6.30. The fraction of sp³-hybridized carbons (Fsp3) is 0.333. The van der Waals surface area contributed by atoms with Crippen LogP contribution in [-0.4, -0.2) is 16.9 Å². The Morgan fingerprint density at radius 3 is 2.00 bits per heavy atom. The number of carbonyl (C=O) groups is 2. The van der Waals surface area contributed by atoms with Gasteiger partial charge < -0.3 is 5.11 Å². The molecule has 0 unspecified atom stereocenters. The van der Waals surface area contributed by atoms with Gasteiger partial charge in [0.25, 0.3) is 0 Å². The van der Waals surface area contributed by atoms with Crippen LogP contribution in [0.2, 0.25) is 5.02 Å². The predicted molar refractivity (Wildman–Crippen MR) is 98.3 cm³/mol. The third kappa shape index (κ3) is 4.49. The van der Waals surface area contributed by atoms with Crippen molar-refractivity contribution in [2.24, 2.45) is 11.8 Å². The third-order valence-electron chi connectivity index (χ3n) is 5.07. The second kappa shape index (κ2) is 7.83. The molecule has 0 spiro atoms. The molecule has 1 fully saturated rings. The van der Waals surface area contributed by atoms with Crippen molar-refractivity contribution in [2.45, 2.75) is 32.1 Å². The van der Waals surface area contributed by atoms with Gasteiger partial charge in [0.1, 0.15) is 0 Å². The summed E-state index contributed by atoms with van der Waals surface area (Å²) in [5.74, 6) is -0.00884. The van der Waals surface area contributed by atoms with Crippen LogP contribution in [0.3, 0.4) is 0 Å². The minimum absolute atomic E-state index is 0.104. The van der Waals surface area contributed by atoms with Gasteiger partial charge in [-0.1, -0.05) is 23.7 Å². The summed E-state index contributed by atoms with van der Waals surface area (Å²) in [5, 5.41) is 9.60. The summed E-state index contributed by atoms with van der Waals surface area (Å²) in [6.07, 6.45) is 4.84. The lowest BCUT2D eigenvalue weighted by Gasteiger charge is -2.27. The molecule has 130 valence electrons. The number of benzene rings is 2. The molecule has 3 nitrogen and oxygen atoms in total. The fourth-order valence-electron chi connectivity index (χ4n) is 3.60. The first-order valence-corrected chi connectivity index (χ1v) is 9.03. The summed E-state index contributed by atoms with van der Waals surface area (Å²) in [4.78, 5) is 23.5. The van der Waals surface area contributed by atoms with Crippen molar-refractivity contribution < 1.29 is 14.7 Å². The summed E-state index contributed by atoms with van der Waals surface area (Å²) in [6.45, 7) is 0. The first-order chi connectivity index (χ1) is 12.0. The van der Waals surface area contributed by atoms with Gasteiger partial charge in [-0.05, 0) is 80.0 Å². The highest BCUT2D eigenvalue weighted by Gasteiger charge is 2.27. The zero-order valence-corrected chi connectivity index (χ0v) is 14.7. The number of carboxylic acid groups (broad SMARTS) is 1. The standard InChI is InChI=1S/C21H21ClO3/c22-19-11-9-17(10-12-19)20(23)16-5-1-14(2-6-16)13-15-3-7-18(8-4-15)21(24)25/h3-4,7-12,14,16H,1-2,5-6,13H2,(H,24,25). The molecule has 0 aliphatic heterocycles. The molecule has 0 bridgehead atoms. The molecule has 2 aromatic carbocycles. The summed E-state index contributed by atoms with van der Waals surface area (Å²) >= 11 is 5.88. The van der Waals surface area contributed by atoms with Crippen LogP contribution in [0.4, 0.5) is 0 Å². The Balaban J connectivity index is 1.53. The van der Waals surface area contributed by atoms with E-state index in [-0.39, 0.29) is 11.7 Å². The van der Waals surface area contributed by atoms with Crippen LogP contribution in [0.5, 0.6) is 0 Å². The lowest BCUT2D eigenvalue weighted by molar-refractivity contribution is 0.0696. The Morgan fingerprint density at radius 2 is 1.44 bits per heavy atom. The minimum atomic E-state index is -0.896. The van der Waals surface area contributed by atoms with Gasteiger partial charge in [0.2, 0.25) is 0 Å². The molecule has 25 heavy (non-hydrogen) atoms. The lowest BCUT2D eigenvalue weighted by atomic mass is 9.76. The molecule has 2 aromatic rings. The average Bonchev–Trinajstić information content (AvgIpc) is 2.63. The van der Waals surface area contributed by atoms with Crippen molar-refractivity contribution >= 4 is 23.4 Å². The number of carbonyl (C=O) groups excluding carboxylic acids is 1. The number of carboxylic acids is 1. The van der Waals surface area contributed by atoms with Crippen molar-refractivity contribution in [3.05, 3.63) is 70.2 Å². The van der Waals surface area contributed by atoms with Gasteiger partial charge in [-0.2, -0.15) is 0 Å². The van der Waals surface area contributed by atoms with Gasteiger partial charge in [0.15, 0.2) is 5.78 Å². The molecule has 4 heteroatoms. The molecule has 1 aliphatic rings. The van der Waals surface area contributed by atoms with Crippen LogP contribution < -0.4 is 0 Å². The molecule has 0 heterocycles. The Hall–Kier alpha value is -2.13. The van der Waals surface area contributed by atoms with Crippen LogP contribution in [0.1, 0.15) is 52.0 Å². The van der Waals surface area contributed by atoms with Crippen LogP contribution in [0.15, 0.2) is 48.5 Å². The molecule has 1 saturated carbocycles. The average molecular weight is 357 g/mol. The molecule has 1 aliphatic carbocycles. The Bertz CT molecular complexity index is 742. The number of rotatable bonds is 5. The fourth-order valence-corrected chi connectivity index (χ4v) is 3.72. The normalized spacial score (nSPS) is 20.2. The summed E-state index contributed by atoms with van der Waals surface area (Å²) in [5.41, 5.74) is 2.23. The highest BCUT2D eigenvalue weighted by atomic mass is 35.5. The van der Waals surface area contributed by atoms with Gasteiger partial charge in [0.05, 0.1) is 5.56 Å². The van der Waals surface area contributed by atoms with Crippen molar-refractivity contribution in [2.75, 3.05) is 0 Å². The smallest absolute Gasteiger partial charge is 0.335 e. The summed E-state index contributed by atoms with van der Waals surface area (Å²) in [7, 11) is 0. The Kier molecular flexibility index (Phi) is 5.54. The van der Waals surface area contributed by atoms with E-state index in [1.54, 1.807) is 36.4 Å². The van der Waals surface area contributed by atoms with Crippen LogP contribution in [0.25, 0.3) is 0 Å². The summed E-state index contributed by atoms with van der Waals surface area (Å²) in [6, 6.07) is 14.3. The molecule has 3 rings (SSSR count). The first-order valence-electron chi connectivity index (χ1n) is 8.65. The maximum absolute atomic E-state index is 12.6. The van der Waals surface area contributed by atoms with E-state index >= 15 is 0 Å². The molecule has 0 atom stereocenters. The largest absolute Gasteiger partial charge is 0.478 e. The van der Waals surface area contributed by atoms with Crippen LogP contribution >= 0.6 is 11.6 Å². The van der Waals surface area contributed by atoms with Gasteiger partial charge in [-0.15, -0.1) is 0 Å². The molecule has 0 radical (unpaired) electrons. The third-order valence-corrected chi connectivity index (χ3v) is 5.32. The van der Waals surface area contributed by atoms with E-state index in [1.807, 2.05) is 12.1 Å². The van der Waals surface area contributed by atoms with Gasteiger partial charge >= 0.3 is 5.97 Å². The molecular weight excluding hydrogens is 336 g/mol. The predicted octanol–water partition coefficient (Wildman–Crippen LogP) is 5.27. The van der Waals surface area contributed by atoms with Crippen LogP contribution in [0, 0.1) is 11.8 Å². The van der Waals surface area contributed by atoms with Gasteiger partial charge in [-0.25, -0.2) is 4.79 Å². The lowest BCUT2D eigenvalue weighted by Crippen LogP contribution is -2.23. The van der Waals surface area contributed by atoms with E-state index in [2.05, 4.69) is 0 Å². The van der Waals surface area contributed by atoms with Crippen molar-refractivity contribution in [3.63, 3.8) is 0 Å². The van der Waals surface area contributed by atoms with E-state index in [4.69, 9.17) is 16.7 Å². The second-order valence-electron chi connectivity index (χ2n) is 6.79. The van der Waals surface area contributed by atoms with Crippen LogP contribution in [-0.2, 0) is 6.42 Å².